The summed E-state index contributed by atoms with van der Waals surface area (Å²) in [4.78, 5) is 27.0. The van der Waals surface area contributed by atoms with Crippen LogP contribution in [0.3, 0.4) is 0 Å². The number of anilines is 2. The molecule has 0 bridgehead atoms. The fourth-order valence-electron chi connectivity index (χ4n) is 5.02. The summed E-state index contributed by atoms with van der Waals surface area (Å²) >= 11 is 0. The molecule has 0 radical (unpaired) electrons. The summed E-state index contributed by atoms with van der Waals surface area (Å²) in [6.45, 7) is 2.29. The summed E-state index contributed by atoms with van der Waals surface area (Å²) in [6, 6.07) is 15.8. The van der Waals surface area contributed by atoms with Crippen LogP contribution in [0, 0.1) is 6.92 Å². The molecule has 0 aliphatic heterocycles. The molecule has 5 aromatic rings. The van der Waals surface area contributed by atoms with Gasteiger partial charge in [-0.1, -0.05) is 12.1 Å². The molecule has 4 heterocycles. The normalized spacial score (nSPS) is 16.9. The Labute approximate surface area is 224 Å². The molecule has 1 saturated carbocycles. The number of aryl methyl sites for hydroxylation is 1. The number of fused-ring (bicyclic) bond motifs is 1. The Balaban J connectivity index is 1.18. The molecule has 1 aliphatic carbocycles. The molecule has 0 spiro atoms. The Morgan fingerprint density at radius 2 is 1.77 bits per heavy atom. The number of nitrogens with one attached hydrogen (secondary N) is 2. The minimum absolute atomic E-state index is 0.167. The van der Waals surface area contributed by atoms with Crippen LogP contribution in [0.5, 0.6) is 5.75 Å². The van der Waals surface area contributed by atoms with Crippen molar-refractivity contribution in [2.75, 3.05) is 17.7 Å². The van der Waals surface area contributed by atoms with Crippen LogP contribution in [0.2, 0.25) is 0 Å². The SMILES string of the molecule is COc1ccc(Cn2c(=O)n(-c3ccc(N[C@H]4CC[C@H](Nc5ncc(C)nn5)C4)nc3)c3ncccc32)cc1. The predicted octanol–water partition coefficient (Wildman–Crippen LogP) is 3.58. The van der Waals surface area contributed by atoms with Crippen LogP contribution < -0.4 is 21.1 Å². The third-order valence-electron chi connectivity index (χ3n) is 6.99. The van der Waals surface area contributed by atoms with E-state index in [0.29, 0.717) is 23.8 Å². The van der Waals surface area contributed by atoms with Gasteiger partial charge in [0.25, 0.3) is 0 Å². The Morgan fingerprint density at radius 1 is 0.949 bits per heavy atom. The van der Waals surface area contributed by atoms with Gasteiger partial charge in [0.05, 0.1) is 42.9 Å². The maximum Gasteiger partial charge on any atom is 0.335 e. The summed E-state index contributed by atoms with van der Waals surface area (Å²) in [5.41, 5.74) is 3.64. The zero-order valence-corrected chi connectivity index (χ0v) is 21.8. The van der Waals surface area contributed by atoms with Crippen LogP contribution in [0.15, 0.2) is 71.9 Å². The number of ether oxygens (including phenoxy) is 1. The molecule has 1 aromatic carbocycles. The molecule has 39 heavy (non-hydrogen) atoms. The highest BCUT2D eigenvalue weighted by Gasteiger charge is 2.25. The second-order valence-electron chi connectivity index (χ2n) is 9.72. The largest absolute Gasteiger partial charge is 0.497 e. The van der Waals surface area contributed by atoms with Crippen molar-refractivity contribution in [1.29, 1.82) is 0 Å². The number of rotatable bonds is 8. The molecular formula is C28H29N9O2. The van der Waals surface area contributed by atoms with Crippen molar-refractivity contribution >= 4 is 22.9 Å². The van der Waals surface area contributed by atoms with E-state index in [1.807, 2.05) is 55.5 Å². The third kappa shape index (κ3) is 5.15. The van der Waals surface area contributed by atoms with Crippen molar-refractivity contribution < 1.29 is 4.74 Å². The molecule has 11 nitrogen and oxygen atoms in total. The van der Waals surface area contributed by atoms with Crippen molar-refractivity contribution in [2.45, 2.75) is 44.8 Å². The van der Waals surface area contributed by atoms with E-state index in [4.69, 9.17) is 4.74 Å². The lowest BCUT2D eigenvalue weighted by Gasteiger charge is -2.15. The molecule has 4 aromatic heterocycles. The molecule has 2 atom stereocenters. The van der Waals surface area contributed by atoms with Crippen molar-refractivity contribution in [3.63, 3.8) is 0 Å². The molecule has 198 valence electrons. The molecule has 0 saturated heterocycles. The van der Waals surface area contributed by atoms with Crippen LogP contribution >= 0.6 is 0 Å². The lowest BCUT2D eigenvalue weighted by molar-refractivity contribution is 0.414. The van der Waals surface area contributed by atoms with Gasteiger partial charge in [-0.15, -0.1) is 5.10 Å². The van der Waals surface area contributed by atoms with E-state index in [2.05, 4.69) is 35.8 Å². The summed E-state index contributed by atoms with van der Waals surface area (Å²) in [5, 5.41) is 15.0. The van der Waals surface area contributed by atoms with Gasteiger partial charge < -0.3 is 15.4 Å². The average Bonchev–Trinajstić information content (AvgIpc) is 3.52. The van der Waals surface area contributed by atoms with E-state index in [1.54, 1.807) is 34.8 Å². The second kappa shape index (κ2) is 10.5. The van der Waals surface area contributed by atoms with E-state index in [1.165, 1.54) is 0 Å². The summed E-state index contributed by atoms with van der Waals surface area (Å²) in [7, 11) is 1.63. The zero-order chi connectivity index (χ0) is 26.8. The molecule has 2 N–H and O–H groups in total. The molecule has 11 heteroatoms. The quantitative estimate of drug-likeness (QED) is 0.314. The van der Waals surface area contributed by atoms with Gasteiger partial charge in [0.15, 0.2) is 5.65 Å². The molecule has 1 aliphatic rings. The molecular weight excluding hydrogens is 494 g/mol. The lowest BCUT2D eigenvalue weighted by atomic mass is 10.2. The van der Waals surface area contributed by atoms with Crippen molar-refractivity contribution in [3.8, 4) is 11.4 Å². The third-order valence-corrected chi connectivity index (χ3v) is 6.99. The predicted molar refractivity (Wildman–Crippen MR) is 148 cm³/mol. The number of hydrogen-bond donors (Lipinski definition) is 2. The topological polar surface area (TPSA) is 125 Å². The maximum absolute atomic E-state index is 13.6. The fraction of sp³-hybridized carbons (Fsp3) is 0.286. The highest BCUT2D eigenvalue weighted by molar-refractivity contribution is 5.73. The number of imidazole rings is 1. The molecule has 1 fully saturated rings. The van der Waals surface area contributed by atoms with Crippen LogP contribution in [0.25, 0.3) is 16.9 Å². The minimum Gasteiger partial charge on any atom is -0.497 e. The first-order valence-electron chi connectivity index (χ1n) is 12.9. The van der Waals surface area contributed by atoms with Crippen molar-refractivity contribution in [2.24, 2.45) is 0 Å². The molecule has 6 rings (SSSR count). The highest BCUT2D eigenvalue weighted by atomic mass is 16.5. The maximum atomic E-state index is 13.6. The zero-order valence-electron chi connectivity index (χ0n) is 21.8. The Kier molecular flexibility index (Phi) is 6.62. The lowest BCUT2D eigenvalue weighted by Crippen LogP contribution is -2.24. The first-order chi connectivity index (χ1) is 19.1. The first-order valence-corrected chi connectivity index (χ1v) is 12.9. The Hall–Kier alpha value is -4.80. The monoisotopic (exact) mass is 523 g/mol. The Bertz CT molecular complexity index is 1630. The van der Waals surface area contributed by atoms with Gasteiger partial charge in [-0.3, -0.25) is 4.57 Å². The average molecular weight is 524 g/mol. The summed E-state index contributed by atoms with van der Waals surface area (Å²) < 4.78 is 8.60. The number of hydrogen-bond acceptors (Lipinski definition) is 9. The molecule has 0 unspecified atom stereocenters. The van der Waals surface area contributed by atoms with Gasteiger partial charge in [0, 0.05) is 18.3 Å². The molecule has 0 amide bonds. The van der Waals surface area contributed by atoms with Gasteiger partial charge in [-0.2, -0.15) is 5.10 Å². The first kappa shape index (κ1) is 24.5. The fourth-order valence-corrected chi connectivity index (χ4v) is 5.02. The van der Waals surface area contributed by atoms with Crippen LogP contribution in [0.1, 0.15) is 30.5 Å². The number of nitrogens with zero attached hydrogens (tertiary/aromatic N) is 7. The van der Waals surface area contributed by atoms with Crippen LogP contribution in [-0.2, 0) is 6.54 Å². The van der Waals surface area contributed by atoms with E-state index < -0.39 is 0 Å². The Morgan fingerprint density at radius 3 is 2.49 bits per heavy atom. The van der Waals surface area contributed by atoms with E-state index in [-0.39, 0.29) is 17.8 Å². The highest BCUT2D eigenvalue weighted by Crippen LogP contribution is 2.25. The summed E-state index contributed by atoms with van der Waals surface area (Å²) in [5.74, 6) is 2.09. The number of benzene rings is 1. The summed E-state index contributed by atoms with van der Waals surface area (Å²) in [6.07, 6.45) is 8.05. The number of methoxy groups -OCH3 is 1. The van der Waals surface area contributed by atoms with Gasteiger partial charge in [-0.25, -0.2) is 24.3 Å². The van der Waals surface area contributed by atoms with Crippen molar-refractivity contribution in [1.82, 2.24) is 34.3 Å². The standard InChI is InChI=1S/C28H29N9O2/c1-18-15-31-27(35-34-18)33-21-8-7-20(14-21)32-25-12-9-22(16-30-25)37-26-24(4-3-13-29-26)36(28(37)38)17-19-5-10-23(39-2)11-6-19/h3-6,9-13,15-16,20-21H,7-8,14,17H2,1-2H3,(H,30,32)(H,31,33,35)/t20-,21-/m0/s1. The smallest absolute Gasteiger partial charge is 0.335 e. The van der Waals surface area contributed by atoms with Crippen LogP contribution in [0.4, 0.5) is 11.8 Å². The van der Waals surface area contributed by atoms with Crippen LogP contribution in [-0.4, -0.2) is 53.5 Å². The van der Waals surface area contributed by atoms with E-state index >= 15 is 0 Å². The minimum atomic E-state index is -0.167. The van der Waals surface area contributed by atoms with E-state index in [0.717, 1.165) is 47.6 Å². The van der Waals surface area contributed by atoms with Crippen molar-refractivity contribution in [3.05, 3.63) is 88.9 Å². The van der Waals surface area contributed by atoms with Gasteiger partial charge in [-0.05, 0) is 68.1 Å². The number of aromatic nitrogens is 7. The van der Waals surface area contributed by atoms with Gasteiger partial charge >= 0.3 is 5.69 Å². The second-order valence-corrected chi connectivity index (χ2v) is 9.72. The van der Waals surface area contributed by atoms with E-state index in [9.17, 15) is 4.79 Å². The van der Waals surface area contributed by atoms with Gasteiger partial charge in [0.2, 0.25) is 5.95 Å². The number of pyridine rings is 2. The van der Waals surface area contributed by atoms with Gasteiger partial charge in [0.1, 0.15) is 11.6 Å².